The number of nitriles is 1. The summed E-state index contributed by atoms with van der Waals surface area (Å²) in [5, 5.41) is 16.5. The Hall–Kier alpha value is -3.21. The van der Waals surface area contributed by atoms with E-state index in [-0.39, 0.29) is 17.5 Å². The number of amides is 1. The Balaban J connectivity index is 2.31. The monoisotopic (exact) mass is 255 g/mol. The third-order valence-corrected chi connectivity index (χ3v) is 2.24. The van der Waals surface area contributed by atoms with E-state index in [0.717, 1.165) is 0 Å². The lowest BCUT2D eigenvalue weighted by Gasteiger charge is -1.93. The number of nitrogens with one attached hydrogen (secondary N) is 1. The van der Waals surface area contributed by atoms with Crippen molar-refractivity contribution in [2.24, 2.45) is 16.0 Å². The molecular weight excluding hydrogens is 246 g/mol. The third kappa shape index (κ3) is 2.55. The van der Waals surface area contributed by atoms with Gasteiger partial charge in [0.25, 0.3) is 5.91 Å². The van der Waals surface area contributed by atoms with Crippen molar-refractivity contribution in [1.29, 1.82) is 5.26 Å². The van der Waals surface area contributed by atoms with E-state index in [1.165, 1.54) is 0 Å². The van der Waals surface area contributed by atoms with E-state index in [1.807, 2.05) is 6.07 Å². The van der Waals surface area contributed by atoms with Gasteiger partial charge < -0.3 is 16.5 Å². The average Bonchev–Trinajstić information content (AvgIpc) is 2.78. The van der Waals surface area contributed by atoms with Crippen molar-refractivity contribution >= 4 is 23.4 Å². The minimum absolute atomic E-state index is 0.0254. The molecule has 0 bridgehead atoms. The van der Waals surface area contributed by atoms with Crippen LogP contribution in [0.5, 0.6) is 0 Å². The summed E-state index contributed by atoms with van der Waals surface area (Å²) in [5.41, 5.74) is 11.3. The number of carbonyl (C=O) groups is 1. The smallest absolute Gasteiger partial charge is 0.269 e. The Morgan fingerprint density at radius 2 is 2.11 bits per heavy atom. The zero-order valence-electron chi connectivity index (χ0n) is 9.66. The lowest BCUT2D eigenvalue weighted by atomic mass is 10.2. The number of benzene rings is 1. The number of hydrogen-bond acceptors (Lipinski definition) is 6. The lowest BCUT2D eigenvalue weighted by Crippen LogP contribution is -2.13. The van der Waals surface area contributed by atoms with Gasteiger partial charge in [0, 0.05) is 0 Å². The van der Waals surface area contributed by atoms with E-state index in [1.54, 1.807) is 24.3 Å². The van der Waals surface area contributed by atoms with E-state index in [9.17, 15) is 4.79 Å². The van der Waals surface area contributed by atoms with Gasteiger partial charge in [0.2, 0.25) is 5.95 Å². The van der Waals surface area contributed by atoms with Crippen LogP contribution in [0.15, 0.2) is 34.5 Å². The zero-order chi connectivity index (χ0) is 13.8. The lowest BCUT2D eigenvalue weighted by molar-refractivity contribution is 0.0997. The molecule has 0 atom stereocenters. The number of H-pyrrole nitrogens is 1. The number of anilines is 1. The molecule has 1 heterocycles. The van der Waals surface area contributed by atoms with E-state index in [0.29, 0.717) is 11.3 Å². The molecular formula is C11H9N7O. The van der Waals surface area contributed by atoms with Crippen LogP contribution in [0.1, 0.15) is 16.1 Å². The molecule has 8 nitrogen and oxygen atoms in total. The molecule has 0 saturated heterocycles. The second-order valence-corrected chi connectivity index (χ2v) is 3.51. The Labute approximate surface area is 107 Å². The quantitative estimate of drug-likeness (QED) is 0.710. The summed E-state index contributed by atoms with van der Waals surface area (Å²) in [6, 6.07) is 8.66. The van der Waals surface area contributed by atoms with E-state index in [2.05, 4.69) is 20.2 Å². The molecule has 2 rings (SSSR count). The number of primary amides is 1. The minimum Gasteiger partial charge on any atom is -0.382 e. The van der Waals surface area contributed by atoms with E-state index >= 15 is 0 Å². The molecule has 94 valence electrons. The van der Waals surface area contributed by atoms with Crippen molar-refractivity contribution in [2.75, 3.05) is 5.73 Å². The van der Waals surface area contributed by atoms with Gasteiger partial charge >= 0.3 is 0 Å². The topological polar surface area (TPSA) is 146 Å². The standard InChI is InChI=1S/C11H9N7O/c12-5-6-3-1-2-4-7(6)17-18-11-15-8(10(14)19)9(13)16-11/h1-4H,13H2,(H2,14,19)(H,15,16). The van der Waals surface area contributed by atoms with Gasteiger partial charge in [0.15, 0.2) is 5.82 Å². The molecule has 0 saturated carbocycles. The van der Waals surface area contributed by atoms with Crippen LogP contribution in [-0.2, 0) is 0 Å². The van der Waals surface area contributed by atoms with Crippen LogP contribution < -0.4 is 11.5 Å². The summed E-state index contributed by atoms with van der Waals surface area (Å²) in [5.74, 6) is -0.738. The Kier molecular flexibility index (Phi) is 3.20. The van der Waals surface area contributed by atoms with Gasteiger partial charge in [-0.2, -0.15) is 10.2 Å². The van der Waals surface area contributed by atoms with Crippen LogP contribution >= 0.6 is 0 Å². The maximum Gasteiger partial charge on any atom is 0.269 e. The first-order valence-electron chi connectivity index (χ1n) is 5.18. The van der Waals surface area contributed by atoms with Crippen molar-refractivity contribution in [3.05, 3.63) is 35.5 Å². The van der Waals surface area contributed by atoms with Gasteiger partial charge in [-0.3, -0.25) is 4.79 Å². The predicted molar refractivity (Wildman–Crippen MR) is 66.9 cm³/mol. The number of nitrogens with zero attached hydrogens (tertiary/aromatic N) is 4. The zero-order valence-corrected chi connectivity index (χ0v) is 9.66. The first kappa shape index (κ1) is 12.3. The Morgan fingerprint density at radius 1 is 1.37 bits per heavy atom. The van der Waals surface area contributed by atoms with Crippen LogP contribution in [-0.4, -0.2) is 15.9 Å². The van der Waals surface area contributed by atoms with Crippen LogP contribution in [0.3, 0.4) is 0 Å². The normalized spacial score (nSPS) is 10.5. The highest BCUT2D eigenvalue weighted by Gasteiger charge is 2.11. The molecule has 1 aromatic heterocycles. The van der Waals surface area contributed by atoms with E-state index in [4.69, 9.17) is 16.7 Å². The predicted octanol–water partition coefficient (Wildman–Crippen LogP) is 1.38. The maximum absolute atomic E-state index is 11.0. The van der Waals surface area contributed by atoms with Gasteiger partial charge in [-0.05, 0) is 12.1 Å². The molecule has 2 aromatic rings. The molecule has 0 aliphatic rings. The summed E-state index contributed by atoms with van der Waals surface area (Å²) in [4.78, 5) is 17.3. The molecule has 0 radical (unpaired) electrons. The van der Waals surface area contributed by atoms with Crippen LogP contribution in [0.4, 0.5) is 17.5 Å². The SMILES string of the molecule is N#Cc1ccccc1N=Nc1nc(N)c(C(N)=O)[nH]1. The molecule has 0 unspecified atom stereocenters. The molecule has 5 N–H and O–H groups in total. The van der Waals surface area contributed by atoms with Crippen molar-refractivity contribution in [2.45, 2.75) is 0 Å². The van der Waals surface area contributed by atoms with Gasteiger partial charge in [-0.25, -0.2) is 0 Å². The van der Waals surface area contributed by atoms with Crippen LogP contribution in [0.25, 0.3) is 0 Å². The number of nitrogens with two attached hydrogens (primary N) is 2. The number of imidazole rings is 1. The Morgan fingerprint density at radius 3 is 2.74 bits per heavy atom. The fourth-order valence-electron chi connectivity index (χ4n) is 1.37. The minimum atomic E-state index is -0.733. The second-order valence-electron chi connectivity index (χ2n) is 3.51. The summed E-state index contributed by atoms with van der Waals surface area (Å²) in [6.07, 6.45) is 0. The number of aromatic amines is 1. The van der Waals surface area contributed by atoms with Gasteiger partial charge in [0.1, 0.15) is 17.5 Å². The molecule has 19 heavy (non-hydrogen) atoms. The van der Waals surface area contributed by atoms with Crippen molar-refractivity contribution in [1.82, 2.24) is 9.97 Å². The fraction of sp³-hybridized carbons (Fsp3) is 0. The third-order valence-electron chi connectivity index (χ3n) is 2.24. The van der Waals surface area contributed by atoms with E-state index < -0.39 is 5.91 Å². The first-order chi connectivity index (χ1) is 9.11. The number of azo groups is 1. The highest BCUT2D eigenvalue weighted by Crippen LogP contribution is 2.21. The summed E-state index contributed by atoms with van der Waals surface area (Å²) in [7, 11) is 0. The molecule has 0 aliphatic carbocycles. The van der Waals surface area contributed by atoms with Crippen molar-refractivity contribution in [3.63, 3.8) is 0 Å². The number of rotatable bonds is 3. The highest BCUT2D eigenvalue weighted by atomic mass is 16.1. The molecule has 8 heteroatoms. The first-order valence-corrected chi connectivity index (χ1v) is 5.18. The summed E-state index contributed by atoms with van der Waals surface area (Å²) >= 11 is 0. The van der Waals surface area contributed by atoms with Gasteiger partial charge in [0.05, 0.1) is 5.56 Å². The van der Waals surface area contributed by atoms with Crippen molar-refractivity contribution in [3.8, 4) is 6.07 Å². The molecule has 1 amide bonds. The molecule has 0 spiro atoms. The number of carbonyl (C=O) groups excluding carboxylic acids is 1. The van der Waals surface area contributed by atoms with Crippen LogP contribution in [0, 0.1) is 11.3 Å². The summed E-state index contributed by atoms with van der Waals surface area (Å²) < 4.78 is 0. The highest BCUT2D eigenvalue weighted by molar-refractivity contribution is 5.95. The van der Waals surface area contributed by atoms with Crippen molar-refractivity contribution < 1.29 is 4.79 Å². The molecule has 1 aromatic carbocycles. The second kappa shape index (κ2) is 4.97. The molecule has 0 aliphatic heterocycles. The average molecular weight is 255 g/mol. The van der Waals surface area contributed by atoms with Gasteiger partial charge in [-0.15, -0.1) is 10.2 Å². The summed E-state index contributed by atoms with van der Waals surface area (Å²) in [6.45, 7) is 0. The number of nitrogen functional groups attached to an aromatic ring is 1. The number of hydrogen-bond donors (Lipinski definition) is 3. The Bertz CT molecular complexity index is 695. The maximum atomic E-state index is 11.0. The number of aromatic nitrogens is 2. The molecule has 0 fully saturated rings. The van der Waals surface area contributed by atoms with Crippen LogP contribution in [0.2, 0.25) is 0 Å². The van der Waals surface area contributed by atoms with Gasteiger partial charge in [-0.1, -0.05) is 12.1 Å². The largest absolute Gasteiger partial charge is 0.382 e. The fourth-order valence-corrected chi connectivity index (χ4v) is 1.37.